The lowest BCUT2D eigenvalue weighted by molar-refractivity contribution is 0.103. The normalized spacial score (nSPS) is 10.8. The van der Waals surface area contributed by atoms with E-state index in [2.05, 4.69) is 4.98 Å². The standard InChI is InChI=1S/C18H17NO5/c1-9-16(12-5-4-11(20)8-13(12)19-9)17(21)10-6-14(23-2)18(22)15(7-10)24-3/h4-8,19-20,22H,1-3H3. The Morgan fingerprint density at radius 1 is 1.04 bits per heavy atom. The summed E-state index contributed by atoms with van der Waals surface area (Å²) in [5.74, 6) is 0.0505. The van der Waals surface area contributed by atoms with Gasteiger partial charge in [-0.2, -0.15) is 0 Å². The van der Waals surface area contributed by atoms with Crippen molar-refractivity contribution in [2.45, 2.75) is 6.92 Å². The maximum Gasteiger partial charge on any atom is 0.200 e. The fraction of sp³-hybridized carbons (Fsp3) is 0.167. The number of H-pyrrole nitrogens is 1. The molecular weight excluding hydrogens is 310 g/mol. The number of methoxy groups -OCH3 is 2. The number of aromatic hydroxyl groups is 2. The summed E-state index contributed by atoms with van der Waals surface area (Å²) >= 11 is 0. The predicted molar refractivity (Wildman–Crippen MR) is 89.3 cm³/mol. The highest BCUT2D eigenvalue weighted by Crippen LogP contribution is 2.38. The van der Waals surface area contributed by atoms with Crippen LogP contribution in [-0.2, 0) is 0 Å². The van der Waals surface area contributed by atoms with E-state index < -0.39 is 0 Å². The number of hydrogen-bond donors (Lipinski definition) is 3. The molecule has 0 aliphatic heterocycles. The molecule has 0 fully saturated rings. The molecule has 3 rings (SSSR count). The molecule has 0 atom stereocenters. The van der Waals surface area contributed by atoms with Gasteiger partial charge < -0.3 is 24.7 Å². The zero-order valence-electron chi connectivity index (χ0n) is 13.5. The monoisotopic (exact) mass is 327 g/mol. The van der Waals surface area contributed by atoms with Crippen LogP contribution in [0, 0.1) is 6.92 Å². The highest BCUT2D eigenvalue weighted by Gasteiger charge is 2.21. The SMILES string of the molecule is COc1cc(C(=O)c2c(C)[nH]c3cc(O)ccc23)cc(OC)c1O. The molecule has 0 saturated heterocycles. The Hall–Kier alpha value is -3.15. The Labute approximate surface area is 138 Å². The van der Waals surface area contributed by atoms with Crippen LogP contribution in [0.4, 0.5) is 0 Å². The van der Waals surface area contributed by atoms with Crippen LogP contribution in [0.25, 0.3) is 10.9 Å². The number of ether oxygens (including phenoxy) is 2. The predicted octanol–water partition coefficient (Wildman–Crippen LogP) is 3.14. The fourth-order valence-corrected chi connectivity index (χ4v) is 2.78. The zero-order chi connectivity index (χ0) is 17.4. The molecule has 2 aromatic carbocycles. The molecule has 0 amide bonds. The van der Waals surface area contributed by atoms with Crippen LogP contribution in [0.1, 0.15) is 21.6 Å². The maximum absolute atomic E-state index is 13.0. The number of rotatable bonds is 4. The van der Waals surface area contributed by atoms with Crippen LogP contribution >= 0.6 is 0 Å². The van der Waals surface area contributed by atoms with E-state index in [-0.39, 0.29) is 28.8 Å². The third-order valence-corrected chi connectivity index (χ3v) is 3.94. The summed E-state index contributed by atoms with van der Waals surface area (Å²) in [5, 5.41) is 20.3. The summed E-state index contributed by atoms with van der Waals surface area (Å²) in [6.45, 7) is 1.79. The third kappa shape index (κ3) is 2.42. The van der Waals surface area contributed by atoms with E-state index in [1.807, 2.05) is 0 Å². The highest BCUT2D eigenvalue weighted by molar-refractivity contribution is 6.17. The molecule has 0 aliphatic carbocycles. The van der Waals surface area contributed by atoms with Crippen LogP contribution in [0.5, 0.6) is 23.0 Å². The van der Waals surface area contributed by atoms with E-state index >= 15 is 0 Å². The second kappa shape index (κ2) is 5.81. The van der Waals surface area contributed by atoms with Gasteiger partial charge in [-0.1, -0.05) is 0 Å². The first-order valence-electron chi connectivity index (χ1n) is 7.27. The number of fused-ring (bicyclic) bond motifs is 1. The van der Waals surface area contributed by atoms with Gasteiger partial charge >= 0.3 is 0 Å². The van der Waals surface area contributed by atoms with Gasteiger partial charge in [-0.05, 0) is 31.2 Å². The number of carbonyl (C=O) groups is 1. The number of phenolic OH excluding ortho intramolecular Hbond substituents is 2. The lowest BCUT2D eigenvalue weighted by atomic mass is 9.99. The number of benzene rings is 2. The van der Waals surface area contributed by atoms with E-state index in [4.69, 9.17) is 9.47 Å². The van der Waals surface area contributed by atoms with Gasteiger partial charge in [0.1, 0.15) is 5.75 Å². The first-order chi connectivity index (χ1) is 11.5. The highest BCUT2D eigenvalue weighted by atomic mass is 16.5. The number of hydrogen-bond acceptors (Lipinski definition) is 5. The number of aryl methyl sites for hydroxylation is 1. The molecule has 0 aliphatic rings. The number of ketones is 1. The topological polar surface area (TPSA) is 91.8 Å². The van der Waals surface area contributed by atoms with Crippen LogP contribution in [-0.4, -0.2) is 35.2 Å². The van der Waals surface area contributed by atoms with Crippen molar-refractivity contribution in [2.75, 3.05) is 14.2 Å². The van der Waals surface area contributed by atoms with Crippen molar-refractivity contribution >= 4 is 16.7 Å². The van der Waals surface area contributed by atoms with Crippen LogP contribution in [0.2, 0.25) is 0 Å². The van der Waals surface area contributed by atoms with Crippen molar-refractivity contribution in [1.29, 1.82) is 0 Å². The fourth-order valence-electron chi connectivity index (χ4n) is 2.78. The second-order valence-electron chi connectivity index (χ2n) is 5.41. The van der Waals surface area contributed by atoms with E-state index in [0.717, 1.165) is 0 Å². The van der Waals surface area contributed by atoms with E-state index in [1.165, 1.54) is 32.4 Å². The number of carbonyl (C=O) groups excluding carboxylic acids is 1. The Bertz CT molecular complexity index is 917. The lowest BCUT2D eigenvalue weighted by Crippen LogP contribution is -2.04. The smallest absolute Gasteiger partial charge is 0.200 e. The largest absolute Gasteiger partial charge is 0.508 e. The molecule has 6 nitrogen and oxygen atoms in total. The minimum atomic E-state index is -0.235. The number of aromatic nitrogens is 1. The minimum Gasteiger partial charge on any atom is -0.508 e. The molecule has 3 N–H and O–H groups in total. The maximum atomic E-state index is 13.0. The van der Waals surface area contributed by atoms with Crippen LogP contribution in [0.3, 0.4) is 0 Å². The number of nitrogens with one attached hydrogen (secondary N) is 1. The van der Waals surface area contributed by atoms with E-state index in [9.17, 15) is 15.0 Å². The quantitative estimate of drug-likeness (QED) is 0.640. The molecule has 1 heterocycles. The molecule has 1 aromatic heterocycles. The Kier molecular flexibility index (Phi) is 3.81. The first-order valence-corrected chi connectivity index (χ1v) is 7.27. The van der Waals surface area contributed by atoms with Gasteiger partial charge in [0.25, 0.3) is 0 Å². The van der Waals surface area contributed by atoms with Crippen molar-refractivity contribution in [2.24, 2.45) is 0 Å². The summed E-state index contributed by atoms with van der Waals surface area (Å²) in [6.07, 6.45) is 0. The summed E-state index contributed by atoms with van der Waals surface area (Å²) in [5.41, 5.74) is 2.19. The van der Waals surface area contributed by atoms with Gasteiger partial charge in [-0.25, -0.2) is 0 Å². The second-order valence-corrected chi connectivity index (χ2v) is 5.41. The molecular formula is C18H17NO5. The van der Waals surface area contributed by atoms with E-state index in [1.54, 1.807) is 19.1 Å². The van der Waals surface area contributed by atoms with Gasteiger partial charge in [-0.3, -0.25) is 4.79 Å². The van der Waals surface area contributed by atoms with Crippen LogP contribution in [0.15, 0.2) is 30.3 Å². The third-order valence-electron chi connectivity index (χ3n) is 3.94. The molecule has 0 bridgehead atoms. The van der Waals surface area contributed by atoms with Crippen molar-refractivity contribution in [3.63, 3.8) is 0 Å². The zero-order valence-corrected chi connectivity index (χ0v) is 13.5. The summed E-state index contributed by atoms with van der Waals surface area (Å²) < 4.78 is 10.2. The van der Waals surface area contributed by atoms with Crippen molar-refractivity contribution in [1.82, 2.24) is 4.98 Å². The molecule has 24 heavy (non-hydrogen) atoms. The molecule has 0 saturated carbocycles. The summed E-state index contributed by atoms with van der Waals surface area (Å²) in [4.78, 5) is 16.1. The molecule has 6 heteroatoms. The summed E-state index contributed by atoms with van der Waals surface area (Å²) in [7, 11) is 2.81. The van der Waals surface area contributed by atoms with E-state index in [0.29, 0.717) is 27.7 Å². The van der Waals surface area contributed by atoms with Gasteiger partial charge in [0.2, 0.25) is 5.75 Å². The molecule has 124 valence electrons. The Balaban J connectivity index is 2.18. The Morgan fingerprint density at radius 2 is 1.67 bits per heavy atom. The Morgan fingerprint density at radius 3 is 2.25 bits per heavy atom. The molecule has 0 spiro atoms. The number of phenols is 2. The van der Waals surface area contributed by atoms with Gasteiger partial charge in [0, 0.05) is 22.7 Å². The molecule has 0 unspecified atom stereocenters. The van der Waals surface area contributed by atoms with Gasteiger partial charge in [0.05, 0.1) is 25.3 Å². The average Bonchev–Trinajstić information content (AvgIpc) is 2.89. The molecule has 0 radical (unpaired) electrons. The van der Waals surface area contributed by atoms with Gasteiger partial charge in [-0.15, -0.1) is 0 Å². The summed E-state index contributed by atoms with van der Waals surface area (Å²) in [6, 6.07) is 7.73. The van der Waals surface area contributed by atoms with Crippen molar-refractivity contribution in [3.8, 4) is 23.0 Å². The lowest BCUT2D eigenvalue weighted by Gasteiger charge is -2.11. The van der Waals surface area contributed by atoms with Gasteiger partial charge in [0.15, 0.2) is 17.3 Å². The number of aromatic amines is 1. The van der Waals surface area contributed by atoms with Crippen LogP contribution < -0.4 is 9.47 Å². The first kappa shape index (κ1) is 15.7. The minimum absolute atomic E-state index is 0.121. The van der Waals surface area contributed by atoms with Crippen molar-refractivity contribution in [3.05, 3.63) is 47.2 Å². The molecule has 3 aromatic rings. The van der Waals surface area contributed by atoms with Crippen molar-refractivity contribution < 1.29 is 24.5 Å². The average molecular weight is 327 g/mol.